The summed E-state index contributed by atoms with van der Waals surface area (Å²) in [5, 5.41) is 10.3. The van der Waals surface area contributed by atoms with Crippen LogP contribution in [0, 0.1) is 5.82 Å². The molecule has 1 saturated heterocycles. The highest BCUT2D eigenvalue weighted by Gasteiger charge is 2.23. The summed E-state index contributed by atoms with van der Waals surface area (Å²) in [5.74, 6) is 1.11. The molecular formula is C18H17FN8O. The number of anilines is 2. The zero-order chi connectivity index (χ0) is 19.3. The summed E-state index contributed by atoms with van der Waals surface area (Å²) >= 11 is 0. The highest BCUT2D eigenvalue weighted by molar-refractivity contribution is 5.88. The Balaban J connectivity index is 1.39. The maximum atomic E-state index is 13.1. The van der Waals surface area contributed by atoms with Gasteiger partial charge in [-0.25, -0.2) is 19.2 Å². The number of nitrogens with zero attached hydrogens (tertiary/aromatic N) is 7. The van der Waals surface area contributed by atoms with E-state index in [1.165, 1.54) is 18.5 Å². The third-order valence-corrected chi connectivity index (χ3v) is 4.32. The Morgan fingerprint density at radius 3 is 2.54 bits per heavy atom. The molecule has 1 aromatic carbocycles. The van der Waals surface area contributed by atoms with Crippen LogP contribution in [0.4, 0.5) is 21.0 Å². The fourth-order valence-electron chi connectivity index (χ4n) is 2.84. The minimum absolute atomic E-state index is 0.220. The molecule has 2 amide bonds. The topological polar surface area (TPSA) is 100 Å². The maximum absolute atomic E-state index is 13.1. The van der Waals surface area contributed by atoms with Gasteiger partial charge < -0.3 is 9.80 Å². The lowest BCUT2D eigenvalue weighted by molar-refractivity contribution is 0.208. The first-order valence-electron chi connectivity index (χ1n) is 8.72. The Morgan fingerprint density at radius 1 is 1.04 bits per heavy atom. The summed E-state index contributed by atoms with van der Waals surface area (Å²) in [7, 11) is 0. The summed E-state index contributed by atoms with van der Waals surface area (Å²) in [5.41, 5.74) is 0.715. The Bertz CT molecular complexity index is 945. The van der Waals surface area contributed by atoms with Crippen LogP contribution in [-0.4, -0.2) is 62.3 Å². The van der Waals surface area contributed by atoms with Crippen LogP contribution in [0.3, 0.4) is 0 Å². The lowest BCUT2D eigenvalue weighted by atomic mass is 10.2. The van der Waals surface area contributed by atoms with Crippen molar-refractivity contribution in [3.8, 4) is 11.4 Å². The normalized spacial score (nSPS) is 14.0. The van der Waals surface area contributed by atoms with Crippen LogP contribution in [0.15, 0.2) is 48.9 Å². The number of halogens is 1. The number of hydrogen-bond donors (Lipinski definition) is 1. The molecule has 0 unspecified atom stereocenters. The highest BCUT2D eigenvalue weighted by atomic mass is 19.1. The number of carbonyl (C=O) groups is 1. The summed E-state index contributed by atoms with van der Waals surface area (Å²) in [6, 6.07) is 9.17. The molecule has 3 aromatic rings. The molecule has 2 aromatic heterocycles. The molecule has 3 heterocycles. The van der Waals surface area contributed by atoms with Crippen LogP contribution in [0.2, 0.25) is 0 Å². The number of amides is 2. The van der Waals surface area contributed by atoms with E-state index in [9.17, 15) is 9.18 Å². The van der Waals surface area contributed by atoms with E-state index in [4.69, 9.17) is 0 Å². The van der Waals surface area contributed by atoms with E-state index in [-0.39, 0.29) is 11.8 Å². The zero-order valence-electron chi connectivity index (χ0n) is 14.9. The predicted molar refractivity (Wildman–Crippen MR) is 100 cm³/mol. The fraction of sp³-hybridized carbons (Fsp3) is 0.222. The first-order valence-corrected chi connectivity index (χ1v) is 8.72. The van der Waals surface area contributed by atoms with Gasteiger partial charge in [0.1, 0.15) is 12.1 Å². The second-order valence-corrected chi connectivity index (χ2v) is 6.13. The van der Waals surface area contributed by atoms with Gasteiger partial charge in [-0.3, -0.25) is 5.32 Å². The maximum Gasteiger partial charge on any atom is 0.323 e. The highest BCUT2D eigenvalue weighted by Crippen LogP contribution is 2.18. The number of urea groups is 1. The molecule has 28 heavy (non-hydrogen) atoms. The van der Waals surface area contributed by atoms with E-state index < -0.39 is 0 Å². The number of rotatable bonds is 3. The van der Waals surface area contributed by atoms with E-state index in [0.29, 0.717) is 49.3 Å². The van der Waals surface area contributed by atoms with Gasteiger partial charge in [-0.1, -0.05) is 0 Å². The van der Waals surface area contributed by atoms with Crippen molar-refractivity contribution in [3.05, 3.63) is 54.7 Å². The Labute approximate surface area is 160 Å². The molecule has 9 nitrogen and oxygen atoms in total. The van der Waals surface area contributed by atoms with Gasteiger partial charge in [-0.05, 0) is 36.4 Å². The van der Waals surface area contributed by atoms with Crippen molar-refractivity contribution < 1.29 is 9.18 Å². The van der Waals surface area contributed by atoms with Crippen molar-refractivity contribution in [2.75, 3.05) is 36.4 Å². The minimum Gasteiger partial charge on any atom is -0.337 e. The smallest absolute Gasteiger partial charge is 0.323 e. The predicted octanol–water partition coefficient (Wildman–Crippen LogP) is 1.82. The van der Waals surface area contributed by atoms with Gasteiger partial charge in [0.15, 0.2) is 11.6 Å². The first-order chi connectivity index (χ1) is 13.7. The molecule has 4 rings (SSSR count). The number of piperazine rings is 1. The van der Waals surface area contributed by atoms with Crippen LogP contribution >= 0.6 is 0 Å². The van der Waals surface area contributed by atoms with Gasteiger partial charge in [-0.15, -0.1) is 5.10 Å². The Morgan fingerprint density at radius 2 is 1.82 bits per heavy atom. The van der Waals surface area contributed by atoms with E-state index in [0.717, 1.165) is 0 Å². The van der Waals surface area contributed by atoms with Crippen molar-refractivity contribution in [1.82, 2.24) is 30.0 Å². The average Bonchev–Trinajstić information content (AvgIpc) is 2.75. The van der Waals surface area contributed by atoms with Crippen LogP contribution in [0.1, 0.15) is 0 Å². The molecule has 1 aliphatic heterocycles. The van der Waals surface area contributed by atoms with Crippen molar-refractivity contribution in [1.29, 1.82) is 0 Å². The number of aromatic nitrogens is 5. The van der Waals surface area contributed by atoms with E-state index in [1.54, 1.807) is 35.4 Å². The van der Waals surface area contributed by atoms with Crippen LogP contribution in [-0.2, 0) is 0 Å². The number of carbonyl (C=O) groups excluding carboxylic acids is 1. The van der Waals surface area contributed by atoms with Crippen molar-refractivity contribution in [3.63, 3.8) is 0 Å². The van der Waals surface area contributed by atoms with Gasteiger partial charge in [0.25, 0.3) is 0 Å². The molecule has 142 valence electrons. The lowest BCUT2D eigenvalue weighted by Crippen LogP contribution is -2.50. The molecule has 0 spiro atoms. The standard InChI is InChI=1S/C18H17FN8O/c19-14-5-3-13(4-6-14)16-20-12-21-17(24-16)26-8-10-27(11-9-26)18(28)23-15-2-1-7-22-25-15/h1-7,12H,8-11H2,(H,23,25,28). The van der Waals surface area contributed by atoms with Gasteiger partial charge >= 0.3 is 6.03 Å². The Hall–Kier alpha value is -3.69. The summed E-state index contributed by atoms with van der Waals surface area (Å²) in [4.78, 5) is 28.9. The van der Waals surface area contributed by atoms with Gasteiger partial charge in [-0.2, -0.15) is 10.1 Å². The fourth-order valence-corrected chi connectivity index (χ4v) is 2.84. The lowest BCUT2D eigenvalue weighted by Gasteiger charge is -2.34. The van der Waals surface area contributed by atoms with E-state index in [1.807, 2.05) is 4.90 Å². The molecule has 1 fully saturated rings. The third kappa shape index (κ3) is 4.00. The molecule has 10 heteroatoms. The molecule has 0 atom stereocenters. The molecule has 0 radical (unpaired) electrons. The van der Waals surface area contributed by atoms with Crippen molar-refractivity contribution >= 4 is 17.8 Å². The minimum atomic E-state index is -0.311. The van der Waals surface area contributed by atoms with Crippen LogP contribution in [0.25, 0.3) is 11.4 Å². The van der Waals surface area contributed by atoms with E-state index in [2.05, 4.69) is 30.5 Å². The zero-order valence-corrected chi connectivity index (χ0v) is 14.9. The number of hydrogen-bond acceptors (Lipinski definition) is 7. The Kier molecular flexibility index (Phi) is 5.00. The first kappa shape index (κ1) is 17.7. The quantitative estimate of drug-likeness (QED) is 0.740. The number of benzene rings is 1. The third-order valence-electron chi connectivity index (χ3n) is 4.32. The molecule has 0 bridgehead atoms. The van der Waals surface area contributed by atoms with Gasteiger partial charge in [0.05, 0.1) is 0 Å². The van der Waals surface area contributed by atoms with Gasteiger partial charge in [0, 0.05) is 37.9 Å². The summed E-state index contributed by atoms with van der Waals surface area (Å²) < 4.78 is 13.1. The second kappa shape index (κ2) is 7.91. The van der Waals surface area contributed by atoms with Crippen molar-refractivity contribution in [2.24, 2.45) is 0 Å². The summed E-state index contributed by atoms with van der Waals surface area (Å²) in [6.45, 7) is 2.20. The van der Waals surface area contributed by atoms with Crippen molar-refractivity contribution in [2.45, 2.75) is 0 Å². The van der Waals surface area contributed by atoms with Crippen LogP contribution in [0.5, 0.6) is 0 Å². The molecular weight excluding hydrogens is 363 g/mol. The monoisotopic (exact) mass is 380 g/mol. The van der Waals surface area contributed by atoms with Gasteiger partial charge in [0.2, 0.25) is 5.95 Å². The van der Waals surface area contributed by atoms with E-state index >= 15 is 0 Å². The molecule has 0 aliphatic carbocycles. The molecule has 1 aliphatic rings. The average molecular weight is 380 g/mol. The summed E-state index contributed by atoms with van der Waals surface area (Å²) in [6.07, 6.45) is 2.98. The molecule has 0 saturated carbocycles. The number of nitrogens with one attached hydrogen (secondary N) is 1. The SMILES string of the molecule is O=C(Nc1cccnn1)N1CCN(c2ncnc(-c3ccc(F)cc3)n2)CC1. The van der Waals surface area contributed by atoms with Crippen LogP contribution < -0.4 is 10.2 Å². The second-order valence-electron chi connectivity index (χ2n) is 6.13. The molecule has 1 N–H and O–H groups in total. The largest absolute Gasteiger partial charge is 0.337 e.